The quantitative estimate of drug-likeness (QED) is 0.0919. The third-order valence-electron chi connectivity index (χ3n) is 5.04. The van der Waals surface area contributed by atoms with E-state index < -0.39 is 5.97 Å². The van der Waals surface area contributed by atoms with Crippen molar-refractivity contribution in [2.45, 2.75) is 51.9 Å². The van der Waals surface area contributed by atoms with Gasteiger partial charge in [-0.3, -0.25) is 9.59 Å². The summed E-state index contributed by atoms with van der Waals surface area (Å²) in [6, 6.07) is 0. The molecule has 0 bridgehead atoms. The average molecular weight is 569 g/mol. The number of unbranched alkanes of at least 4 members (excludes halogenated alkanes) is 4. The SMILES string of the molecule is CCCCCCCC(=O)OCCOCCOCCOCCOCCOCCOCCOCCOCCC(=O)O. The van der Waals surface area contributed by atoms with Gasteiger partial charge < -0.3 is 47.7 Å². The van der Waals surface area contributed by atoms with Crippen molar-refractivity contribution in [1.82, 2.24) is 0 Å². The van der Waals surface area contributed by atoms with Crippen LogP contribution >= 0.6 is 0 Å². The molecule has 0 aromatic heterocycles. The summed E-state index contributed by atoms with van der Waals surface area (Å²) < 4.78 is 48.0. The van der Waals surface area contributed by atoms with E-state index in [2.05, 4.69) is 6.92 Å². The van der Waals surface area contributed by atoms with Crippen molar-refractivity contribution in [3.8, 4) is 0 Å². The van der Waals surface area contributed by atoms with Crippen LogP contribution in [0.3, 0.4) is 0 Å². The second-order valence-electron chi connectivity index (χ2n) is 8.43. The molecule has 0 radical (unpaired) electrons. The van der Waals surface area contributed by atoms with Crippen molar-refractivity contribution < 1.29 is 57.3 Å². The first-order valence-electron chi connectivity index (χ1n) is 14.2. The molecule has 0 aliphatic rings. The van der Waals surface area contributed by atoms with Gasteiger partial charge in [0.2, 0.25) is 0 Å². The minimum absolute atomic E-state index is 0.00211. The molecule has 232 valence electrons. The maximum Gasteiger partial charge on any atom is 0.305 e. The van der Waals surface area contributed by atoms with Crippen molar-refractivity contribution in [3.63, 3.8) is 0 Å². The van der Waals surface area contributed by atoms with Crippen LogP contribution in [-0.2, 0) is 52.2 Å². The zero-order valence-corrected chi connectivity index (χ0v) is 23.9. The van der Waals surface area contributed by atoms with Crippen LogP contribution in [0.5, 0.6) is 0 Å². The summed E-state index contributed by atoms with van der Waals surface area (Å²) >= 11 is 0. The molecule has 12 heteroatoms. The van der Waals surface area contributed by atoms with Gasteiger partial charge in [-0.2, -0.15) is 0 Å². The lowest BCUT2D eigenvalue weighted by molar-refractivity contribution is -0.145. The Labute approximate surface area is 233 Å². The summed E-state index contributed by atoms with van der Waals surface area (Å²) in [5.74, 6) is -1.03. The Kier molecular flexibility index (Phi) is 31.7. The van der Waals surface area contributed by atoms with Crippen LogP contribution in [0.1, 0.15) is 51.9 Å². The monoisotopic (exact) mass is 568 g/mol. The molecule has 0 amide bonds. The smallest absolute Gasteiger partial charge is 0.305 e. The molecule has 12 nitrogen and oxygen atoms in total. The van der Waals surface area contributed by atoms with Gasteiger partial charge in [0.1, 0.15) is 6.61 Å². The lowest BCUT2D eigenvalue weighted by atomic mass is 10.1. The number of carbonyl (C=O) groups excluding carboxylic acids is 1. The van der Waals surface area contributed by atoms with Gasteiger partial charge in [0.25, 0.3) is 0 Å². The fraction of sp³-hybridized carbons (Fsp3) is 0.926. The Hall–Kier alpha value is -1.38. The van der Waals surface area contributed by atoms with Crippen molar-refractivity contribution in [1.29, 1.82) is 0 Å². The maximum atomic E-state index is 11.6. The minimum atomic E-state index is -0.874. The summed E-state index contributed by atoms with van der Waals surface area (Å²) in [6.07, 6.45) is 6.05. The van der Waals surface area contributed by atoms with Gasteiger partial charge in [-0.05, 0) is 6.42 Å². The molecule has 0 rings (SSSR count). The summed E-state index contributed by atoms with van der Waals surface area (Å²) in [7, 11) is 0. The lowest BCUT2D eigenvalue weighted by Crippen LogP contribution is -2.15. The van der Waals surface area contributed by atoms with Gasteiger partial charge in [-0.15, -0.1) is 0 Å². The van der Waals surface area contributed by atoms with E-state index in [1.807, 2.05) is 0 Å². The maximum absolute atomic E-state index is 11.6. The number of carboxylic acids is 1. The van der Waals surface area contributed by atoms with Gasteiger partial charge in [0.05, 0.1) is 112 Å². The van der Waals surface area contributed by atoms with Crippen LogP contribution in [0.2, 0.25) is 0 Å². The van der Waals surface area contributed by atoms with Crippen molar-refractivity contribution in [2.75, 3.05) is 112 Å². The molecule has 0 unspecified atom stereocenters. The minimum Gasteiger partial charge on any atom is -0.481 e. The standard InChI is InChI=1S/C27H52O12/c1-2-3-4-5-6-7-27(30)39-25-24-38-23-22-37-21-20-36-19-18-35-17-16-34-15-14-33-13-12-32-11-10-31-9-8-26(28)29/h2-25H2,1H3,(H,28,29). The molecule has 0 saturated heterocycles. The summed E-state index contributed by atoms with van der Waals surface area (Å²) in [6.45, 7) is 9.44. The number of carbonyl (C=O) groups is 2. The average Bonchev–Trinajstić information content (AvgIpc) is 2.92. The van der Waals surface area contributed by atoms with Crippen LogP contribution in [0, 0.1) is 0 Å². The number of aliphatic carboxylic acids is 1. The second-order valence-corrected chi connectivity index (χ2v) is 8.43. The van der Waals surface area contributed by atoms with Gasteiger partial charge >= 0.3 is 11.9 Å². The van der Waals surface area contributed by atoms with E-state index >= 15 is 0 Å². The molecular weight excluding hydrogens is 516 g/mol. The molecule has 0 aliphatic carbocycles. The molecule has 0 aliphatic heterocycles. The molecular formula is C27H52O12. The first kappa shape index (κ1) is 37.6. The zero-order valence-electron chi connectivity index (χ0n) is 23.9. The largest absolute Gasteiger partial charge is 0.481 e. The van der Waals surface area contributed by atoms with Crippen LogP contribution in [0.4, 0.5) is 0 Å². The Bertz CT molecular complexity index is 521. The summed E-state index contributed by atoms with van der Waals surface area (Å²) in [5, 5.41) is 8.47. The number of hydrogen-bond donors (Lipinski definition) is 1. The lowest BCUT2D eigenvalue weighted by Gasteiger charge is -2.09. The fourth-order valence-corrected chi connectivity index (χ4v) is 2.96. The van der Waals surface area contributed by atoms with Crippen molar-refractivity contribution in [3.05, 3.63) is 0 Å². The highest BCUT2D eigenvalue weighted by atomic mass is 16.6. The first-order chi connectivity index (χ1) is 19.2. The Balaban J connectivity index is 3.09. The first-order valence-corrected chi connectivity index (χ1v) is 14.2. The number of ether oxygens (including phenoxy) is 9. The van der Waals surface area contributed by atoms with Crippen LogP contribution in [0.15, 0.2) is 0 Å². The van der Waals surface area contributed by atoms with Crippen LogP contribution in [-0.4, -0.2) is 129 Å². The molecule has 0 atom stereocenters. The molecule has 39 heavy (non-hydrogen) atoms. The van der Waals surface area contributed by atoms with Gasteiger partial charge in [-0.1, -0.05) is 32.6 Å². The fourth-order valence-electron chi connectivity index (χ4n) is 2.96. The molecule has 0 spiro atoms. The van der Waals surface area contributed by atoms with E-state index in [9.17, 15) is 9.59 Å². The van der Waals surface area contributed by atoms with E-state index in [4.69, 9.17) is 47.7 Å². The predicted octanol–water partition coefficient (Wildman–Crippen LogP) is 2.50. The van der Waals surface area contributed by atoms with Crippen molar-refractivity contribution >= 4 is 11.9 Å². The topological polar surface area (TPSA) is 137 Å². The second kappa shape index (κ2) is 32.8. The highest BCUT2D eigenvalue weighted by Gasteiger charge is 2.02. The van der Waals surface area contributed by atoms with Gasteiger partial charge in [-0.25, -0.2) is 0 Å². The third kappa shape index (κ3) is 34.6. The van der Waals surface area contributed by atoms with Crippen LogP contribution < -0.4 is 0 Å². The van der Waals surface area contributed by atoms with Gasteiger partial charge in [0, 0.05) is 6.42 Å². The molecule has 0 heterocycles. The Morgan fingerprint density at radius 3 is 1.13 bits per heavy atom. The summed E-state index contributed by atoms with van der Waals surface area (Å²) in [4.78, 5) is 21.9. The van der Waals surface area contributed by atoms with Crippen LogP contribution in [0.25, 0.3) is 0 Å². The highest BCUT2D eigenvalue weighted by molar-refractivity contribution is 5.69. The van der Waals surface area contributed by atoms with Crippen molar-refractivity contribution in [2.24, 2.45) is 0 Å². The van der Waals surface area contributed by atoms with E-state index in [-0.39, 0.29) is 25.6 Å². The third-order valence-corrected chi connectivity index (χ3v) is 5.04. The number of esters is 1. The number of carboxylic acid groups (broad SMARTS) is 1. The highest BCUT2D eigenvalue weighted by Crippen LogP contribution is 2.05. The Morgan fingerprint density at radius 1 is 0.436 bits per heavy atom. The molecule has 0 fully saturated rings. The van der Waals surface area contributed by atoms with E-state index in [0.29, 0.717) is 106 Å². The molecule has 1 N–H and O–H groups in total. The molecule has 0 saturated carbocycles. The van der Waals surface area contributed by atoms with E-state index in [1.165, 1.54) is 19.3 Å². The summed E-state index contributed by atoms with van der Waals surface area (Å²) in [5.41, 5.74) is 0. The molecule has 0 aromatic carbocycles. The van der Waals surface area contributed by atoms with Gasteiger partial charge in [0.15, 0.2) is 0 Å². The molecule has 0 aromatic rings. The number of hydrogen-bond acceptors (Lipinski definition) is 11. The van der Waals surface area contributed by atoms with E-state index in [0.717, 1.165) is 12.8 Å². The zero-order chi connectivity index (χ0) is 28.5. The predicted molar refractivity (Wildman–Crippen MR) is 143 cm³/mol. The Morgan fingerprint density at radius 2 is 0.769 bits per heavy atom. The number of rotatable bonds is 33. The van der Waals surface area contributed by atoms with E-state index in [1.54, 1.807) is 0 Å². The normalized spacial score (nSPS) is 11.2.